The molecule has 0 N–H and O–H groups in total. The van der Waals surface area contributed by atoms with Crippen molar-refractivity contribution in [1.29, 1.82) is 0 Å². The Morgan fingerprint density at radius 3 is 2.40 bits per heavy atom. The lowest BCUT2D eigenvalue weighted by molar-refractivity contribution is -0.142. The summed E-state index contributed by atoms with van der Waals surface area (Å²) in [5.74, 6) is 3.30. The van der Waals surface area contributed by atoms with E-state index in [4.69, 9.17) is 9.15 Å². The van der Waals surface area contributed by atoms with Crippen molar-refractivity contribution < 1.29 is 18.7 Å². The Balaban J connectivity index is 1.21. The van der Waals surface area contributed by atoms with Crippen molar-refractivity contribution in [2.75, 3.05) is 32.5 Å². The molecule has 1 fully saturated rings. The molecule has 1 aliphatic heterocycles. The zero-order chi connectivity index (χ0) is 29.7. The molecule has 2 aromatic heterocycles. The fraction of sp³-hybridized carbons (Fsp3) is 0.562. The number of benzene rings is 1. The van der Waals surface area contributed by atoms with E-state index in [-0.39, 0.29) is 17.9 Å². The van der Waals surface area contributed by atoms with Crippen LogP contribution in [0.2, 0.25) is 0 Å². The summed E-state index contributed by atoms with van der Waals surface area (Å²) in [6.07, 6.45) is 11.5. The molecule has 2 amide bonds. The minimum Gasteiger partial charge on any atom is -0.497 e. The van der Waals surface area contributed by atoms with E-state index in [1.165, 1.54) is 25.7 Å². The number of amides is 2. The standard InChI is InChI=1S/C32H45N5O4S/c1-4-5-6-7-8-9-15-30(39)36-21-20-35(24-25(36)2)29(38)14-10-11-23-42-32-34-33-31(28-13-12-22-41-28)37(32)26-16-18-27(40-3)19-17-26/h12-13,16-19,22,25H,4-11,14-15,20-21,23-24H2,1-3H3. The van der Waals surface area contributed by atoms with Crippen LogP contribution in [-0.4, -0.2) is 74.9 Å². The van der Waals surface area contributed by atoms with E-state index in [1.54, 1.807) is 25.1 Å². The zero-order valence-electron chi connectivity index (χ0n) is 25.3. The number of rotatable bonds is 16. The van der Waals surface area contributed by atoms with E-state index >= 15 is 0 Å². The number of aromatic nitrogens is 3. The van der Waals surface area contributed by atoms with Gasteiger partial charge in [-0.05, 0) is 62.6 Å². The van der Waals surface area contributed by atoms with Crippen LogP contribution in [0.25, 0.3) is 17.3 Å². The Hall–Kier alpha value is -3.27. The van der Waals surface area contributed by atoms with Crippen LogP contribution in [0.3, 0.4) is 0 Å². The van der Waals surface area contributed by atoms with Crippen molar-refractivity contribution in [3.05, 3.63) is 42.7 Å². The Morgan fingerprint density at radius 1 is 0.952 bits per heavy atom. The highest BCUT2D eigenvalue weighted by Crippen LogP contribution is 2.29. The minimum absolute atomic E-state index is 0.0681. The molecule has 3 heterocycles. The number of unbranched alkanes of at least 4 members (excludes halogenated alkanes) is 6. The zero-order valence-corrected chi connectivity index (χ0v) is 26.1. The van der Waals surface area contributed by atoms with E-state index in [0.717, 1.165) is 48.0 Å². The molecule has 0 saturated carbocycles. The Kier molecular flexibility index (Phi) is 12.4. The van der Waals surface area contributed by atoms with Gasteiger partial charge < -0.3 is 19.0 Å². The summed E-state index contributed by atoms with van der Waals surface area (Å²) in [6.45, 7) is 6.16. The molecule has 1 saturated heterocycles. The third-order valence-corrected chi connectivity index (χ3v) is 8.78. The number of ether oxygens (including phenoxy) is 1. The summed E-state index contributed by atoms with van der Waals surface area (Å²) < 4.78 is 12.9. The number of hydrogen-bond donors (Lipinski definition) is 0. The second kappa shape index (κ2) is 16.4. The molecule has 1 unspecified atom stereocenters. The number of methoxy groups -OCH3 is 1. The van der Waals surface area contributed by atoms with E-state index in [2.05, 4.69) is 24.0 Å². The van der Waals surface area contributed by atoms with Crippen molar-refractivity contribution in [3.8, 4) is 23.0 Å². The van der Waals surface area contributed by atoms with Gasteiger partial charge in [-0.1, -0.05) is 50.8 Å². The SMILES string of the molecule is CCCCCCCCC(=O)N1CCN(C(=O)CCCCSc2nnc(-c3ccco3)n2-c2ccc(OC)cc2)CC1C. The second-order valence-corrected chi connectivity index (χ2v) is 12.0. The molecule has 0 aliphatic carbocycles. The normalized spacial score (nSPS) is 15.3. The average Bonchev–Trinajstić information content (AvgIpc) is 3.69. The molecule has 10 heteroatoms. The van der Waals surface area contributed by atoms with Crippen LogP contribution in [0, 0.1) is 0 Å². The van der Waals surface area contributed by atoms with Crippen LogP contribution in [0.15, 0.2) is 52.2 Å². The lowest BCUT2D eigenvalue weighted by Gasteiger charge is -2.40. The summed E-state index contributed by atoms with van der Waals surface area (Å²) in [5, 5.41) is 9.61. The fourth-order valence-corrected chi connectivity index (χ4v) is 6.30. The topological polar surface area (TPSA) is 93.7 Å². The van der Waals surface area contributed by atoms with Gasteiger partial charge in [-0.15, -0.1) is 10.2 Å². The molecular weight excluding hydrogens is 550 g/mol. The van der Waals surface area contributed by atoms with Crippen LogP contribution in [0.4, 0.5) is 0 Å². The van der Waals surface area contributed by atoms with Gasteiger partial charge in [0.2, 0.25) is 17.6 Å². The first-order valence-corrected chi connectivity index (χ1v) is 16.3. The highest BCUT2D eigenvalue weighted by molar-refractivity contribution is 7.99. The van der Waals surface area contributed by atoms with Gasteiger partial charge in [-0.25, -0.2) is 0 Å². The lowest BCUT2D eigenvalue weighted by atomic mass is 10.1. The third-order valence-electron chi connectivity index (χ3n) is 7.77. The second-order valence-electron chi connectivity index (χ2n) is 10.9. The summed E-state index contributed by atoms with van der Waals surface area (Å²) >= 11 is 1.62. The van der Waals surface area contributed by atoms with Gasteiger partial charge in [0.15, 0.2) is 10.9 Å². The predicted octanol–water partition coefficient (Wildman–Crippen LogP) is 6.61. The maximum Gasteiger partial charge on any atom is 0.222 e. The fourth-order valence-electron chi connectivity index (χ4n) is 5.35. The first kappa shape index (κ1) is 31.7. The van der Waals surface area contributed by atoms with Gasteiger partial charge in [0.25, 0.3) is 0 Å². The monoisotopic (exact) mass is 595 g/mol. The van der Waals surface area contributed by atoms with Crippen molar-refractivity contribution >= 4 is 23.6 Å². The van der Waals surface area contributed by atoms with Gasteiger partial charge in [-0.3, -0.25) is 14.2 Å². The van der Waals surface area contributed by atoms with Crippen LogP contribution in [-0.2, 0) is 9.59 Å². The molecule has 9 nitrogen and oxygen atoms in total. The average molecular weight is 596 g/mol. The van der Waals surface area contributed by atoms with E-state index in [1.807, 2.05) is 50.8 Å². The van der Waals surface area contributed by atoms with E-state index in [0.29, 0.717) is 44.1 Å². The Morgan fingerprint density at radius 2 is 1.69 bits per heavy atom. The first-order chi connectivity index (χ1) is 20.5. The number of hydrogen-bond acceptors (Lipinski definition) is 7. The molecule has 1 aliphatic rings. The highest BCUT2D eigenvalue weighted by Gasteiger charge is 2.29. The maximum absolute atomic E-state index is 12.9. The number of furan rings is 1. The highest BCUT2D eigenvalue weighted by atomic mass is 32.2. The maximum atomic E-state index is 12.9. The third kappa shape index (κ3) is 8.63. The van der Waals surface area contributed by atoms with Crippen LogP contribution < -0.4 is 4.74 Å². The lowest BCUT2D eigenvalue weighted by Crippen LogP contribution is -2.55. The molecule has 1 aromatic carbocycles. The van der Waals surface area contributed by atoms with Crippen molar-refractivity contribution in [2.45, 2.75) is 89.3 Å². The largest absolute Gasteiger partial charge is 0.497 e. The molecule has 228 valence electrons. The molecule has 3 aromatic rings. The Bertz CT molecular complexity index is 1240. The predicted molar refractivity (Wildman–Crippen MR) is 166 cm³/mol. The van der Waals surface area contributed by atoms with E-state index in [9.17, 15) is 9.59 Å². The summed E-state index contributed by atoms with van der Waals surface area (Å²) in [6, 6.07) is 11.5. The van der Waals surface area contributed by atoms with Crippen molar-refractivity contribution in [2.24, 2.45) is 0 Å². The molecule has 0 spiro atoms. The molecular formula is C32H45N5O4S. The smallest absolute Gasteiger partial charge is 0.222 e. The summed E-state index contributed by atoms with van der Waals surface area (Å²) in [5.41, 5.74) is 0.920. The van der Waals surface area contributed by atoms with Crippen molar-refractivity contribution in [3.63, 3.8) is 0 Å². The van der Waals surface area contributed by atoms with Crippen LogP contribution in [0.1, 0.15) is 78.1 Å². The molecule has 42 heavy (non-hydrogen) atoms. The quantitative estimate of drug-likeness (QED) is 0.136. The van der Waals surface area contributed by atoms with Gasteiger partial charge in [0, 0.05) is 44.3 Å². The number of piperazine rings is 1. The van der Waals surface area contributed by atoms with Gasteiger partial charge >= 0.3 is 0 Å². The van der Waals surface area contributed by atoms with E-state index < -0.39 is 0 Å². The van der Waals surface area contributed by atoms with Crippen molar-refractivity contribution in [1.82, 2.24) is 24.6 Å². The molecule has 0 bridgehead atoms. The number of nitrogens with zero attached hydrogens (tertiary/aromatic N) is 5. The number of thioether (sulfide) groups is 1. The van der Waals surface area contributed by atoms with Gasteiger partial charge in [0.05, 0.1) is 19.1 Å². The summed E-state index contributed by atoms with van der Waals surface area (Å²) in [4.78, 5) is 29.6. The molecule has 4 rings (SSSR count). The molecule has 1 atom stereocenters. The van der Waals surface area contributed by atoms with Gasteiger partial charge in [0.1, 0.15) is 5.75 Å². The summed E-state index contributed by atoms with van der Waals surface area (Å²) in [7, 11) is 1.65. The van der Waals surface area contributed by atoms with Crippen LogP contribution in [0.5, 0.6) is 5.75 Å². The molecule has 0 radical (unpaired) electrons. The minimum atomic E-state index is 0.0681. The first-order valence-electron chi connectivity index (χ1n) is 15.4. The van der Waals surface area contributed by atoms with Gasteiger partial charge in [-0.2, -0.15) is 0 Å². The van der Waals surface area contributed by atoms with Crippen LogP contribution >= 0.6 is 11.8 Å². The Labute approximate surface area is 254 Å². The number of carbonyl (C=O) groups is 2. The number of carbonyl (C=O) groups excluding carboxylic acids is 2.